The topological polar surface area (TPSA) is 38.5 Å². The number of hydrogen-bond acceptors (Lipinski definition) is 3. The summed E-state index contributed by atoms with van der Waals surface area (Å²) in [5.41, 5.74) is 8.76. The van der Waals surface area contributed by atoms with Gasteiger partial charge in [-0.15, -0.1) is 0 Å². The molecule has 0 aromatic heterocycles. The van der Waals surface area contributed by atoms with E-state index in [4.69, 9.17) is 10.5 Å². The maximum Gasteiger partial charge on any atom is 0.0701 e. The van der Waals surface area contributed by atoms with Crippen LogP contribution in [0.2, 0.25) is 0 Å². The van der Waals surface area contributed by atoms with Gasteiger partial charge in [0.1, 0.15) is 0 Å². The van der Waals surface area contributed by atoms with Crippen molar-refractivity contribution >= 4 is 0 Å². The van der Waals surface area contributed by atoms with Gasteiger partial charge < -0.3 is 10.5 Å². The van der Waals surface area contributed by atoms with Crippen LogP contribution in [-0.4, -0.2) is 36.9 Å². The molecule has 0 aliphatic carbocycles. The van der Waals surface area contributed by atoms with E-state index in [0.717, 1.165) is 32.7 Å². The molecule has 0 bridgehead atoms. The van der Waals surface area contributed by atoms with E-state index >= 15 is 0 Å². The van der Waals surface area contributed by atoms with E-state index in [1.54, 1.807) is 0 Å². The second-order valence-electron chi connectivity index (χ2n) is 5.12. The molecule has 3 nitrogen and oxygen atoms in total. The van der Waals surface area contributed by atoms with E-state index in [-0.39, 0.29) is 5.66 Å². The molecule has 2 N–H and O–H groups in total. The number of ether oxygens (including phenoxy) is 1. The van der Waals surface area contributed by atoms with E-state index in [0.29, 0.717) is 0 Å². The molecule has 0 spiro atoms. The van der Waals surface area contributed by atoms with E-state index < -0.39 is 0 Å². The van der Waals surface area contributed by atoms with Gasteiger partial charge in [0.2, 0.25) is 0 Å². The minimum Gasteiger partial charge on any atom is -0.379 e. The predicted molar refractivity (Wildman–Crippen MR) is 69.9 cm³/mol. The lowest BCUT2D eigenvalue weighted by atomic mass is 9.98. The SMILES string of the molecule is Cc1cccc(CC(C)(N)N2CCOCC2)c1. The first-order chi connectivity index (χ1) is 8.08. The quantitative estimate of drug-likeness (QED) is 0.862. The maximum atomic E-state index is 6.44. The first-order valence-corrected chi connectivity index (χ1v) is 6.25. The van der Waals surface area contributed by atoms with Crippen LogP contribution in [0.15, 0.2) is 24.3 Å². The van der Waals surface area contributed by atoms with E-state index in [9.17, 15) is 0 Å². The van der Waals surface area contributed by atoms with Crippen LogP contribution in [0.4, 0.5) is 0 Å². The highest BCUT2D eigenvalue weighted by atomic mass is 16.5. The van der Waals surface area contributed by atoms with Crippen molar-refractivity contribution in [2.75, 3.05) is 26.3 Å². The third-order valence-electron chi connectivity index (χ3n) is 3.38. The van der Waals surface area contributed by atoms with Crippen molar-refractivity contribution in [1.82, 2.24) is 4.90 Å². The molecule has 1 aliphatic heterocycles. The van der Waals surface area contributed by atoms with Crippen molar-refractivity contribution in [1.29, 1.82) is 0 Å². The van der Waals surface area contributed by atoms with E-state index in [2.05, 4.69) is 43.0 Å². The third-order valence-corrected chi connectivity index (χ3v) is 3.38. The minimum atomic E-state index is -0.280. The van der Waals surface area contributed by atoms with E-state index in [1.165, 1.54) is 11.1 Å². The molecule has 2 rings (SSSR count). The summed E-state index contributed by atoms with van der Waals surface area (Å²) in [6, 6.07) is 8.58. The van der Waals surface area contributed by atoms with Gasteiger partial charge in [0, 0.05) is 19.5 Å². The van der Waals surface area contributed by atoms with Gasteiger partial charge in [-0.05, 0) is 19.4 Å². The van der Waals surface area contributed by atoms with Crippen LogP contribution in [0, 0.1) is 6.92 Å². The summed E-state index contributed by atoms with van der Waals surface area (Å²) >= 11 is 0. The Hall–Kier alpha value is -0.900. The summed E-state index contributed by atoms with van der Waals surface area (Å²) < 4.78 is 5.37. The summed E-state index contributed by atoms with van der Waals surface area (Å²) in [7, 11) is 0. The van der Waals surface area contributed by atoms with Crippen molar-refractivity contribution < 1.29 is 4.74 Å². The fourth-order valence-corrected chi connectivity index (χ4v) is 2.42. The standard InChI is InChI=1S/C14H22N2O/c1-12-4-3-5-13(10-12)11-14(2,15)16-6-8-17-9-7-16/h3-5,10H,6-9,11,15H2,1-2H3. The molecule has 1 heterocycles. The van der Waals surface area contributed by atoms with Gasteiger partial charge in [-0.25, -0.2) is 0 Å². The zero-order chi connectivity index (χ0) is 12.3. The molecule has 0 amide bonds. The Morgan fingerprint density at radius 3 is 2.71 bits per heavy atom. The lowest BCUT2D eigenvalue weighted by Gasteiger charge is -2.40. The highest BCUT2D eigenvalue weighted by Gasteiger charge is 2.28. The third kappa shape index (κ3) is 3.28. The number of aryl methyl sites for hydroxylation is 1. The molecule has 1 atom stereocenters. The van der Waals surface area contributed by atoms with Crippen LogP contribution in [0.1, 0.15) is 18.1 Å². The molecule has 1 saturated heterocycles. The smallest absolute Gasteiger partial charge is 0.0701 e. The Kier molecular flexibility index (Phi) is 3.82. The highest BCUT2D eigenvalue weighted by Crippen LogP contribution is 2.17. The van der Waals surface area contributed by atoms with Crippen LogP contribution < -0.4 is 5.73 Å². The van der Waals surface area contributed by atoms with Gasteiger partial charge in [-0.1, -0.05) is 29.8 Å². The Balaban J connectivity index is 2.05. The average Bonchev–Trinajstić information content (AvgIpc) is 2.29. The fraction of sp³-hybridized carbons (Fsp3) is 0.571. The molecular formula is C14H22N2O. The second kappa shape index (κ2) is 5.17. The molecule has 17 heavy (non-hydrogen) atoms. The number of hydrogen-bond donors (Lipinski definition) is 1. The average molecular weight is 234 g/mol. The summed E-state index contributed by atoms with van der Waals surface area (Å²) in [5, 5.41) is 0. The number of benzene rings is 1. The van der Waals surface area contributed by atoms with Gasteiger partial charge >= 0.3 is 0 Å². The monoisotopic (exact) mass is 234 g/mol. The van der Waals surface area contributed by atoms with Gasteiger partial charge in [-0.3, -0.25) is 4.90 Å². The maximum absolute atomic E-state index is 6.44. The normalized spacial score (nSPS) is 21.1. The Labute approximate surface area is 104 Å². The van der Waals surface area contributed by atoms with Crippen LogP contribution in [0.5, 0.6) is 0 Å². The molecule has 1 aliphatic rings. The van der Waals surface area contributed by atoms with E-state index in [1.807, 2.05) is 0 Å². The predicted octanol–water partition coefficient (Wildman–Crippen LogP) is 1.54. The summed E-state index contributed by atoms with van der Waals surface area (Å²) in [6.45, 7) is 7.67. The zero-order valence-electron chi connectivity index (χ0n) is 10.8. The van der Waals surface area contributed by atoms with Crippen LogP contribution in [0.25, 0.3) is 0 Å². The molecule has 0 saturated carbocycles. The van der Waals surface area contributed by atoms with Gasteiger partial charge in [0.05, 0.1) is 18.9 Å². The van der Waals surface area contributed by atoms with Crippen molar-refractivity contribution in [2.45, 2.75) is 25.9 Å². The summed E-state index contributed by atoms with van der Waals surface area (Å²) in [6.07, 6.45) is 0.884. The van der Waals surface area contributed by atoms with Crippen molar-refractivity contribution in [3.63, 3.8) is 0 Å². The molecule has 1 fully saturated rings. The Bertz CT molecular complexity index is 370. The molecule has 1 aromatic carbocycles. The van der Waals surface area contributed by atoms with Gasteiger partial charge in [0.15, 0.2) is 0 Å². The first-order valence-electron chi connectivity index (χ1n) is 6.25. The number of nitrogens with zero attached hydrogens (tertiary/aromatic N) is 1. The lowest BCUT2D eigenvalue weighted by Crippen LogP contribution is -2.58. The fourth-order valence-electron chi connectivity index (χ4n) is 2.42. The van der Waals surface area contributed by atoms with Crippen LogP contribution >= 0.6 is 0 Å². The molecule has 0 radical (unpaired) electrons. The van der Waals surface area contributed by atoms with Crippen molar-refractivity contribution in [3.8, 4) is 0 Å². The number of morpholine rings is 1. The minimum absolute atomic E-state index is 0.280. The second-order valence-corrected chi connectivity index (χ2v) is 5.12. The summed E-state index contributed by atoms with van der Waals surface area (Å²) in [5.74, 6) is 0. The number of nitrogens with two attached hydrogens (primary N) is 1. The highest BCUT2D eigenvalue weighted by molar-refractivity contribution is 5.23. The molecule has 3 heteroatoms. The molecule has 94 valence electrons. The zero-order valence-corrected chi connectivity index (χ0v) is 10.8. The van der Waals surface area contributed by atoms with Gasteiger partial charge in [0.25, 0.3) is 0 Å². The Morgan fingerprint density at radius 1 is 1.35 bits per heavy atom. The molecular weight excluding hydrogens is 212 g/mol. The Morgan fingerprint density at radius 2 is 2.06 bits per heavy atom. The van der Waals surface area contributed by atoms with Crippen LogP contribution in [0.3, 0.4) is 0 Å². The van der Waals surface area contributed by atoms with Crippen molar-refractivity contribution in [2.24, 2.45) is 5.73 Å². The first kappa shape index (κ1) is 12.6. The molecule has 1 unspecified atom stereocenters. The summed E-state index contributed by atoms with van der Waals surface area (Å²) in [4.78, 5) is 2.32. The van der Waals surface area contributed by atoms with Crippen LogP contribution in [-0.2, 0) is 11.2 Å². The number of rotatable bonds is 3. The van der Waals surface area contributed by atoms with Gasteiger partial charge in [-0.2, -0.15) is 0 Å². The largest absolute Gasteiger partial charge is 0.379 e. The molecule has 1 aromatic rings. The lowest BCUT2D eigenvalue weighted by molar-refractivity contribution is -0.0142. The van der Waals surface area contributed by atoms with Crippen molar-refractivity contribution in [3.05, 3.63) is 35.4 Å².